The smallest absolute Gasteiger partial charge is 0.255 e. The third-order valence-electron chi connectivity index (χ3n) is 3.24. The molecule has 7 heteroatoms. The predicted molar refractivity (Wildman–Crippen MR) is 74.6 cm³/mol. The van der Waals surface area contributed by atoms with Crippen LogP contribution in [-0.4, -0.2) is 48.4 Å². The monoisotopic (exact) mass is 291 g/mol. The number of nitrogens with zero attached hydrogens (tertiary/aromatic N) is 1. The number of amides is 3. The Hall–Kier alpha value is -2.57. The summed E-state index contributed by atoms with van der Waals surface area (Å²) in [6, 6.07) is 5.88. The molecule has 1 atom stereocenters. The van der Waals surface area contributed by atoms with Crippen LogP contribution in [0.5, 0.6) is 5.75 Å². The third-order valence-corrected chi connectivity index (χ3v) is 3.24. The highest BCUT2D eigenvalue weighted by Crippen LogP contribution is 2.15. The molecule has 0 bridgehead atoms. The fourth-order valence-electron chi connectivity index (χ4n) is 2.07. The molecule has 1 aromatic rings. The minimum absolute atomic E-state index is 0.156. The molecule has 3 amide bonds. The number of nitrogens with one attached hydrogen (secondary N) is 1. The van der Waals surface area contributed by atoms with Crippen LogP contribution in [0.3, 0.4) is 0 Å². The second kappa shape index (κ2) is 6.25. The molecule has 1 aliphatic heterocycles. The van der Waals surface area contributed by atoms with Crippen LogP contribution in [0, 0.1) is 0 Å². The molecule has 0 radical (unpaired) electrons. The fraction of sp³-hybridized carbons (Fsp3) is 0.357. The van der Waals surface area contributed by atoms with Gasteiger partial charge in [0.05, 0.1) is 0 Å². The Labute approximate surface area is 122 Å². The summed E-state index contributed by atoms with van der Waals surface area (Å²) in [6.07, 6.45) is 0. The van der Waals surface area contributed by atoms with E-state index in [-0.39, 0.29) is 18.4 Å². The van der Waals surface area contributed by atoms with E-state index < -0.39 is 11.9 Å². The molecule has 1 aliphatic rings. The van der Waals surface area contributed by atoms with Gasteiger partial charge >= 0.3 is 0 Å². The number of rotatable bonds is 4. The lowest BCUT2D eigenvalue weighted by atomic mass is 10.1. The van der Waals surface area contributed by atoms with E-state index in [0.717, 1.165) is 0 Å². The summed E-state index contributed by atoms with van der Waals surface area (Å²) in [7, 11) is 0. The highest BCUT2D eigenvalue weighted by Gasteiger charge is 2.29. The Morgan fingerprint density at radius 2 is 2.05 bits per heavy atom. The van der Waals surface area contributed by atoms with E-state index in [0.29, 0.717) is 24.4 Å². The Balaban J connectivity index is 2.05. The minimum Gasteiger partial charge on any atom is -0.484 e. The van der Waals surface area contributed by atoms with Crippen LogP contribution in [-0.2, 0) is 9.59 Å². The summed E-state index contributed by atoms with van der Waals surface area (Å²) < 4.78 is 5.12. The number of primary amides is 1. The Morgan fingerprint density at radius 3 is 2.67 bits per heavy atom. The first-order valence-electron chi connectivity index (χ1n) is 6.59. The maximum absolute atomic E-state index is 12.4. The topological polar surface area (TPSA) is 102 Å². The molecule has 1 aromatic carbocycles. The second-order valence-corrected chi connectivity index (χ2v) is 4.74. The lowest BCUT2D eigenvalue weighted by molar-refractivity contribution is -0.127. The Kier molecular flexibility index (Phi) is 4.42. The van der Waals surface area contributed by atoms with Crippen molar-refractivity contribution in [2.75, 3.05) is 19.7 Å². The van der Waals surface area contributed by atoms with Crippen molar-refractivity contribution in [3.05, 3.63) is 29.8 Å². The van der Waals surface area contributed by atoms with Gasteiger partial charge in [-0.3, -0.25) is 14.4 Å². The average Bonchev–Trinajstić information content (AvgIpc) is 2.48. The van der Waals surface area contributed by atoms with Crippen molar-refractivity contribution in [2.45, 2.75) is 13.0 Å². The van der Waals surface area contributed by atoms with Gasteiger partial charge in [0, 0.05) is 18.7 Å². The van der Waals surface area contributed by atoms with Gasteiger partial charge in [0.1, 0.15) is 11.8 Å². The van der Waals surface area contributed by atoms with Crippen LogP contribution in [0.1, 0.15) is 17.3 Å². The first-order chi connectivity index (χ1) is 9.99. The van der Waals surface area contributed by atoms with Gasteiger partial charge in [0.2, 0.25) is 5.91 Å². The molecule has 0 spiro atoms. The summed E-state index contributed by atoms with van der Waals surface area (Å²) >= 11 is 0. The first kappa shape index (κ1) is 14.8. The van der Waals surface area contributed by atoms with Crippen molar-refractivity contribution < 1.29 is 19.1 Å². The van der Waals surface area contributed by atoms with Crippen molar-refractivity contribution in [3.8, 4) is 5.75 Å². The van der Waals surface area contributed by atoms with Gasteiger partial charge in [-0.15, -0.1) is 0 Å². The normalized spacial score (nSPS) is 18.0. The molecule has 3 N–H and O–H groups in total. The molecule has 2 rings (SSSR count). The molecule has 1 saturated heterocycles. The van der Waals surface area contributed by atoms with Crippen molar-refractivity contribution in [3.63, 3.8) is 0 Å². The van der Waals surface area contributed by atoms with E-state index >= 15 is 0 Å². The van der Waals surface area contributed by atoms with Crippen LogP contribution in [0.15, 0.2) is 24.3 Å². The summed E-state index contributed by atoms with van der Waals surface area (Å²) in [5, 5.41) is 2.71. The van der Waals surface area contributed by atoms with Crippen molar-refractivity contribution in [1.82, 2.24) is 10.2 Å². The van der Waals surface area contributed by atoms with Gasteiger partial charge in [-0.05, 0) is 31.2 Å². The third kappa shape index (κ3) is 3.50. The summed E-state index contributed by atoms with van der Waals surface area (Å²) in [6.45, 7) is 2.41. The van der Waals surface area contributed by atoms with Gasteiger partial charge in [0.15, 0.2) is 6.61 Å². The maximum atomic E-state index is 12.4. The van der Waals surface area contributed by atoms with Crippen LogP contribution in [0.25, 0.3) is 0 Å². The standard InChI is InChI=1S/C14H17N3O4/c1-9-13(19)16-6-7-17(9)14(20)10-2-4-11(5-3-10)21-8-12(15)18/h2-5,9H,6-8H2,1H3,(H2,15,18)(H,16,19). The van der Waals surface area contributed by atoms with Crippen LogP contribution >= 0.6 is 0 Å². The molecular formula is C14H17N3O4. The first-order valence-corrected chi connectivity index (χ1v) is 6.59. The zero-order valence-electron chi connectivity index (χ0n) is 11.7. The largest absolute Gasteiger partial charge is 0.484 e. The summed E-state index contributed by atoms with van der Waals surface area (Å²) in [5.74, 6) is -0.479. The number of carbonyl (C=O) groups is 3. The quantitative estimate of drug-likeness (QED) is 0.781. The van der Waals surface area contributed by atoms with Gasteiger partial charge in [-0.25, -0.2) is 0 Å². The Morgan fingerprint density at radius 1 is 1.38 bits per heavy atom. The van der Waals surface area contributed by atoms with Crippen LogP contribution in [0.2, 0.25) is 0 Å². The lowest BCUT2D eigenvalue weighted by Gasteiger charge is -2.32. The van der Waals surface area contributed by atoms with E-state index in [2.05, 4.69) is 5.32 Å². The SMILES string of the molecule is CC1C(=O)NCCN1C(=O)c1ccc(OCC(N)=O)cc1. The molecule has 1 fully saturated rings. The lowest BCUT2D eigenvalue weighted by Crippen LogP contribution is -2.55. The highest BCUT2D eigenvalue weighted by atomic mass is 16.5. The van der Waals surface area contributed by atoms with E-state index in [4.69, 9.17) is 10.5 Å². The number of hydrogen-bond acceptors (Lipinski definition) is 4. The van der Waals surface area contributed by atoms with Crippen LogP contribution in [0.4, 0.5) is 0 Å². The van der Waals surface area contributed by atoms with Gasteiger partial charge in [-0.2, -0.15) is 0 Å². The Bertz CT molecular complexity index is 556. The zero-order valence-corrected chi connectivity index (χ0v) is 11.7. The number of hydrogen-bond donors (Lipinski definition) is 2. The molecular weight excluding hydrogens is 274 g/mol. The van der Waals surface area contributed by atoms with Crippen LogP contribution < -0.4 is 15.8 Å². The molecule has 112 valence electrons. The predicted octanol–water partition coefficient (Wildman–Crippen LogP) is -0.489. The number of benzene rings is 1. The van der Waals surface area contributed by atoms with E-state index in [9.17, 15) is 14.4 Å². The molecule has 1 heterocycles. The highest BCUT2D eigenvalue weighted by molar-refractivity contribution is 5.98. The summed E-state index contributed by atoms with van der Waals surface area (Å²) in [5.41, 5.74) is 5.44. The molecule has 0 saturated carbocycles. The van der Waals surface area contributed by atoms with Gasteiger partial charge < -0.3 is 20.7 Å². The van der Waals surface area contributed by atoms with Gasteiger partial charge in [0.25, 0.3) is 11.8 Å². The number of ether oxygens (including phenoxy) is 1. The number of carbonyl (C=O) groups excluding carboxylic acids is 3. The fourth-order valence-corrected chi connectivity index (χ4v) is 2.07. The molecule has 21 heavy (non-hydrogen) atoms. The van der Waals surface area contributed by atoms with Crippen molar-refractivity contribution in [2.24, 2.45) is 5.73 Å². The molecule has 1 unspecified atom stereocenters. The van der Waals surface area contributed by atoms with Crippen molar-refractivity contribution >= 4 is 17.7 Å². The number of nitrogens with two attached hydrogens (primary N) is 1. The minimum atomic E-state index is -0.566. The van der Waals surface area contributed by atoms with E-state index in [1.165, 1.54) is 4.90 Å². The van der Waals surface area contributed by atoms with Gasteiger partial charge in [-0.1, -0.05) is 0 Å². The molecule has 7 nitrogen and oxygen atoms in total. The average molecular weight is 291 g/mol. The van der Waals surface area contributed by atoms with E-state index in [1.807, 2.05) is 0 Å². The van der Waals surface area contributed by atoms with E-state index in [1.54, 1.807) is 31.2 Å². The van der Waals surface area contributed by atoms with Crippen molar-refractivity contribution in [1.29, 1.82) is 0 Å². The number of piperazine rings is 1. The molecule has 0 aliphatic carbocycles. The maximum Gasteiger partial charge on any atom is 0.255 e. The zero-order chi connectivity index (χ0) is 15.4. The summed E-state index contributed by atoms with van der Waals surface area (Å²) in [4.78, 5) is 36.1. The molecule has 0 aromatic heterocycles. The second-order valence-electron chi connectivity index (χ2n) is 4.74.